The summed E-state index contributed by atoms with van der Waals surface area (Å²) in [6.45, 7) is 0. The molecule has 2 aromatic heterocycles. The number of phenols is 1. The van der Waals surface area contributed by atoms with Gasteiger partial charge in [0.1, 0.15) is 11.4 Å². The van der Waals surface area contributed by atoms with Crippen molar-refractivity contribution in [3.05, 3.63) is 78.6 Å². The molecule has 0 bridgehead atoms. The highest BCUT2D eigenvalue weighted by Crippen LogP contribution is 2.24. The number of fused-ring (bicyclic) bond motifs is 1. The van der Waals surface area contributed by atoms with Crippen molar-refractivity contribution in [2.24, 2.45) is 0 Å². The molecule has 0 radical (unpaired) electrons. The highest BCUT2D eigenvalue weighted by atomic mass is 16.5. The predicted octanol–water partition coefficient (Wildman–Crippen LogP) is 4.16. The summed E-state index contributed by atoms with van der Waals surface area (Å²) in [7, 11) is 2.99. The van der Waals surface area contributed by atoms with E-state index in [0.29, 0.717) is 22.6 Å². The zero-order valence-corrected chi connectivity index (χ0v) is 16.9. The number of pyridine rings is 1. The van der Waals surface area contributed by atoms with Crippen molar-refractivity contribution in [1.82, 2.24) is 9.38 Å². The Hall–Kier alpha value is -4.33. The van der Waals surface area contributed by atoms with Crippen LogP contribution in [0.25, 0.3) is 16.9 Å². The van der Waals surface area contributed by atoms with Crippen LogP contribution < -0.4 is 10.2 Å². The van der Waals surface area contributed by atoms with Crippen molar-refractivity contribution in [2.45, 2.75) is 0 Å². The van der Waals surface area contributed by atoms with Crippen molar-refractivity contribution >= 4 is 29.0 Å². The number of imidazole rings is 1. The number of nitrogens with one attached hydrogen (secondary N) is 1. The molecule has 2 heterocycles. The Balaban J connectivity index is 1.64. The summed E-state index contributed by atoms with van der Waals surface area (Å²) in [6.07, 6.45) is 2.94. The topological polar surface area (TPSA) is 96.2 Å². The molecule has 2 amide bonds. The molecule has 0 saturated heterocycles. The first kappa shape index (κ1) is 20.0. The van der Waals surface area contributed by atoms with Crippen LogP contribution in [0.3, 0.4) is 0 Å². The van der Waals surface area contributed by atoms with Crippen LogP contribution in [0.1, 0.15) is 10.4 Å². The molecule has 8 nitrogen and oxygen atoms in total. The van der Waals surface area contributed by atoms with Gasteiger partial charge in [0.15, 0.2) is 0 Å². The summed E-state index contributed by atoms with van der Waals surface area (Å²) in [5.74, 6) is -0.0493. The minimum Gasteiger partial charge on any atom is -0.508 e. The number of amides is 2. The molecule has 0 fully saturated rings. The van der Waals surface area contributed by atoms with E-state index in [1.165, 1.54) is 24.1 Å². The molecular formula is C23H20N4O4. The highest BCUT2D eigenvalue weighted by molar-refractivity contribution is 6.05. The Morgan fingerprint density at radius 2 is 1.74 bits per heavy atom. The Labute approximate surface area is 178 Å². The van der Waals surface area contributed by atoms with E-state index in [0.717, 1.165) is 11.3 Å². The number of anilines is 2. The van der Waals surface area contributed by atoms with E-state index in [4.69, 9.17) is 0 Å². The number of rotatable bonds is 4. The molecule has 156 valence electrons. The molecule has 0 unspecified atom stereocenters. The van der Waals surface area contributed by atoms with E-state index in [1.807, 2.05) is 16.5 Å². The minimum absolute atomic E-state index is 0.141. The van der Waals surface area contributed by atoms with Gasteiger partial charge in [-0.2, -0.15) is 0 Å². The molecule has 0 aliphatic carbocycles. The fourth-order valence-corrected chi connectivity index (χ4v) is 3.20. The predicted molar refractivity (Wildman–Crippen MR) is 117 cm³/mol. The second-order valence-electron chi connectivity index (χ2n) is 6.86. The Bertz CT molecular complexity index is 1250. The van der Waals surface area contributed by atoms with Crippen LogP contribution in [0.4, 0.5) is 16.2 Å². The number of aromatic nitrogens is 2. The summed E-state index contributed by atoms with van der Waals surface area (Å²) in [5.41, 5.74) is 4.15. The number of hydrogen-bond donors (Lipinski definition) is 2. The monoisotopic (exact) mass is 416 g/mol. The van der Waals surface area contributed by atoms with Crippen LogP contribution >= 0.6 is 0 Å². The summed E-state index contributed by atoms with van der Waals surface area (Å²) in [5, 5.41) is 12.1. The molecule has 0 aliphatic heterocycles. The van der Waals surface area contributed by atoms with Crippen LogP contribution in [-0.4, -0.2) is 40.6 Å². The average Bonchev–Trinajstić information content (AvgIpc) is 3.22. The lowest BCUT2D eigenvalue weighted by molar-refractivity contribution is 0.0992. The van der Waals surface area contributed by atoms with Crippen LogP contribution in [0, 0.1) is 0 Å². The first-order valence-electron chi connectivity index (χ1n) is 9.46. The lowest BCUT2D eigenvalue weighted by Crippen LogP contribution is -2.26. The normalized spacial score (nSPS) is 10.6. The van der Waals surface area contributed by atoms with Gasteiger partial charge >= 0.3 is 6.09 Å². The van der Waals surface area contributed by atoms with Crippen molar-refractivity contribution < 1.29 is 19.4 Å². The van der Waals surface area contributed by atoms with Crippen LogP contribution in [0.15, 0.2) is 73.1 Å². The number of aromatic hydroxyl groups is 1. The summed E-state index contributed by atoms with van der Waals surface area (Å²) < 4.78 is 6.44. The van der Waals surface area contributed by atoms with Gasteiger partial charge in [-0.05, 0) is 48.5 Å². The maximum atomic E-state index is 13.0. The van der Waals surface area contributed by atoms with Gasteiger partial charge in [-0.1, -0.05) is 12.1 Å². The average molecular weight is 416 g/mol. The van der Waals surface area contributed by atoms with Gasteiger partial charge in [0.25, 0.3) is 5.91 Å². The van der Waals surface area contributed by atoms with E-state index >= 15 is 0 Å². The lowest BCUT2D eigenvalue weighted by Gasteiger charge is -2.17. The molecule has 0 saturated carbocycles. The number of ether oxygens (including phenoxy) is 1. The van der Waals surface area contributed by atoms with Crippen molar-refractivity contribution in [3.63, 3.8) is 0 Å². The lowest BCUT2D eigenvalue weighted by atomic mass is 10.1. The van der Waals surface area contributed by atoms with Gasteiger partial charge < -0.3 is 14.7 Å². The number of benzene rings is 2. The van der Waals surface area contributed by atoms with Crippen LogP contribution in [0.5, 0.6) is 5.75 Å². The second kappa shape index (κ2) is 8.19. The highest BCUT2D eigenvalue weighted by Gasteiger charge is 2.16. The van der Waals surface area contributed by atoms with E-state index in [1.54, 1.807) is 55.8 Å². The molecule has 2 aromatic carbocycles. The second-order valence-corrected chi connectivity index (χ2v) is 6.86. The Morgan fingerprint density at radius 3 is 2.42 bits per heavy atom. The fraction of sp³-hybridized carbons (Fsp3) is 0.0870. The minimum atomic E-state index is -0.538. The third kappa shape index (κ3) is 4.04. The van der Waals surface area contributed by atoms with Crippen LogP contribution in [0.2, 0.25) is 0 Å². The number of carbonyl (C=O) groups excluding carboxylic acids is 2. The smallest absolute Gasteiger partial charge is 0.411 e. The SMILES string of the molecule is COC(=O)Nc1ccc(-c2cnc3ccc(C(=O)N(C)c4ccc(O)cc4)cn23)cc1. The molecule has 4 rings (SSSR count). The quantitative estimate of drug-likeness (QED) is 0.521. The number of methoxy groups -OCH3 is 1. The summed E-state index contributed by atoms with van der Waals surface area (Å²) in [6, 6.07) is 17.2. The van der Waals surface area contributed by atoms with Gasteiger partial charge in [-0.25, -0.2) is 9.78 Å². The van der Waals surface area contributed by atoms with Gasteiger partial charge in [-0.3, -0.25) is 14.5 Å². The number of hydrogen-bond acceptors (Lipinski definition) is 5. The van der Waals surface area contributed by atoms with E-state index < -0.39 is 6.09 Å². The van der Waals surface area contributed by atoms with Crippen molar-refractivity contribution in [3.8, 4) is 17.0 Å². The number of nitrogens with zero attached hydrogens (tertiary/aromatic N) is 3. The third-order valence-electron chi connectivity index (χ3n) is 4.91. The standard InChI is InChI=1S/C23H20N4O4/c1-26(18-8-10-19(28)11-9-18)22(29)16-5-12-21-24-13-20(27(21)14-16)15-3-6-17(7-4-15)25-23(30)31-2/h3-14,28H,1-2H3,(H,25,30). The molecule has 31 heavy (non-hydrogen) atoms. The van der Waals surface area contributed by atoms with Gasteiger partial charge in [0.2, 0.25) is 0 Å². The molecular weight excluding hydrogens is 396 g/mol. The van der Waals surface area contributed by atoms with Crippen molar-refractivity contribution in [2.75, 3.05) is 24.4 Å². The van der Waals surface area contributed by atoms with E-state index in [-0.39, 0.29) is 11.7 Å². The maximum Gasteiger partial charge on any atom is 0.411 e. The maximum absolute atomic E-state index is 13.0. The summed E-state index contributed by atoms with van der Waals surface area (Å²) in [4.78, 5) is 30.3. The van der Waals surface area contributed by atoms with Gasteiger partial charge in [-0.15, -0.1) is 0 Å². The number of carbonyl (C=O) groups is 2. The number of phenolic OH excluding ortho intramolecular Hbond substituents is 1. The van der Waals surface area contributed by atoms with E-state index in [9.17, 15) is 14.7 Å². The molecule has 0 spiro atoms. The molecule has 0 atom stereocenters. The van der Waals surface area contributed by atoms with Gasteiger partial charge in [0.05, 0.1) is 24.6 Å². The first-order valence-corrected chi connectivity index (χ1v) is 9.46. The van der Waals surface area contributed by atoms with Crippen LogP contribution in [-0.2, 0) is 4.74 Å². The van der Waals surface area contributed by atoms with E-state index in [2.05, 4.69) is 15.0 Å². The molecule has 2 N–H and O–H groups in total. The van der Waals surface area contributed by atoms with Gasteiger partial charge in [0, 0.05) is 30.2 Å². The van der Waals surface area contributed by atoms with Crippen molar-refractivity contribution in [1.29, 1.82) is 0 Å². The first-order chi connectivity index (χ1) is 15.0. The zero-order valence-electron chi connectivity index (χ0n) is 16.9. The third-order valence-corrected chi connectivity index (χ3v) is 4.91. The molecule has 8 heteroatoms. The Kier molecular flexibility index (Phi) is 5.28. The molecule has 0 aliphatic rings. The molecule has 4 aromatic rings. The summed E-state index contributed by atoms with van der Waals surface area (Å²) >= 11 is 0. The largest absolute Gasteiger partial charge is 0.508 e. The fourth-order valence-electron chi connectivity index (χ4n) is 3.20. The zero-order chi connectivity index (χ0) is 22.0. The Morgan fingerprint density at radius 1 is 1.03 bits per heavy atom.